The first-order chi connectivity index (χ1) is 13.5. The number of methoxy groups -OCH3 is 1. The average Bonchev–Trinajstić information content (AvgIpc) is 3.09. The van der Waals surface area contributed by atoms with E-state index in [1.165, 1.54) is 31.4 Å². The Balaban J connectivity index is 2.15. The summed E-state index contributed by atoms with van der Waals surface area (Å²) in [6.07, 6.45) is 0. The van der Waals surface area contributed by atoms with Crippen LogP contribution in [0.25, 0.3) is 0 Å². The van der Waals surface area contributed by atoms with Gasteiger partial charge in [0.15, 0.2) is 5.41 Å². The van der Waals surface area contributed by atoms with Gasteiger partial charge in [0, 0.05) is 18.1 Å². The van der Waals surface area contributed by atoms with Gasteiger partial charge in [-0.1, -0.05) is 42.5 Å². The minimum Gasteiger partial charge on any atom is -0.468 e. The molecule has 1 saturated heterocycles. The monoisotopic (exact) mass is 376 g/mol. The Bertz CT molecular complexity index is 962. The molecule has 0 amide bonds. The summed E-state index contributed by atoms with van der Waals surface area (Å²) in [6, 6.07) is 16.9. The summed E-state index contributed by atoms with van der Waals surface area (Å²) in [6.45, 7) is 0. The Morgan fingerprint density at radius 1 is 1.11 bits per heavy atom. The predicted molar refractivity (Wildman–Crippen MR) is 97.6 cm³/mol. The van der Waals surface area contributed by atoms with Crippen LogP contribution in [-0.2, 0) is 9.53 Å². The van der Waals surface area contributed by atoms with E-state index in [0.717, 1.165) is 0 Å². The number of ether oxygens (including phenoxy) is 1. The summed E-state index contributed by atoms with van der Waals surface area (Å²) in [5.74, 6) is -1.37. The number of nitro groups is 1. The highest BCUT2D eigenvalue weighted by molar-refractivity contribution is 5.79. The Morgan fingerprint density at radius 2 is 1.71 bits per heavy atom. The quantitative estimate of drug-likeness (QED) is 0.493. The third-order valence-corrected chi connectivity index (χ3v) is 5.05. The van der Waals surface area contributed by atoms with Crippen LogP contribution in [0.15, 0.2) is 54.6 Å². The Hall–Kier alpha value is -3.75. The molecule has 0 radical (unpaired) electrons. The molecule has 0 bridgehead atoms. The van der Waals surface area contributed by atoms with Gasteiger partial charge in [0.1, 0.15) is 6.04 Å². The molecular formula is C20H16N4O4. The number of nitro benzene ring substituents is 1. The van der Waals surface area contributed by atoms with Crippen molar-refractivity contribution in [2.75, 3.05) is 7.11 Å². The van der Waals surface area contributed by atoms with Crippen LogP contribution >= 0.6 is 0 Å². The zero-order chi connectivity index (χ0) is 20.3. The number of nitriles is 2. The Morgan fingerprint density at radius 3 is 2.21 bits per heavy atom. The summed E-state index contributed by atoms with van der Waals surface area (Å²) < 4.78 is 4.89. The first kappa shape index (κ1) is 19.0. The number of nitrogens with zero attached hydrogens (tertiary/aromatic N) is 3. The molecule has 1 N–H and O–H groups in total. The zero-order valence-electron chi connectivity index (χ0n) is 14.9. The molecule has 8 heteroatoms. The number of esters is 1. The highest BCUT2D eigenvalue weighted by Crippen LogP contribution is 2.52. The van der Waals surface area contributed by atoms with E-state index in [2.05, 4.69) is 17.5 Å². The fourth-order valence-corrected chi connectivity index (χ4v) is 3.74. The van der Waals surface area contributed by atoms with Crippen LogP contribution < -0.4 is 5.32 Å². The SMILES string of the molecule is COC(=O)C1NC(c2ccc([N+](=O)[O-])cc2)C(C#N)(C#N)C1c1ccccc1. The van der Waals surface area contributed by atoms with E-state index in [1.54, 1.807) is 30.3 Å². The maximum atomic E-state index is 12.4. The topological polar surface area (TPSA) is 129 Å². The Kier molecular flexibility index (Phi) is 5.08. The van der Waals surface area contributed by atoms with E-state index in [-0.39, 0.29) is 5.69 Å². The minimum absolute atomic E-state index is 0.106. The lowest BCUT2D eigenvalue weighted by Gasteiger charge is -2.27. The van der Waals surface area contributed by atoms with Gasteiger partial charge >= 0.3 is 5.97 Å². The molecule has 1 aliphatic rings. The van der Waals surface area contributed by atoms with Crippen molar-refractivity contribution in [1.29, 1.82) is 10.5 Å². The fraction of sp³-hybridized carbons (Fsp3) is 0.250. The van der Waals surface area contributed by atoms with Gasteiger partial charge in [0.25, 0.3) is 5.69 Å². The Labute approximate surface area is 161 Å². The molecule has 0 aliphatic carbocycles. The summed E-state index contributed by atoms with van der Waals surface area (Å²) >= 11 is 0. The lowest BCUT2D eigenvalue weighted by molar-refractivity contribution is -0.384. The number of non-ortho nitro benzene ring substituents is 1. The maximum absolute atomic E-state index is 12.4. The third-order valence-electron chi connectivity index (χ3n) is 5.05. The molecular weight excluding hydrogens is 360 g/mol. The lowest BCUT2D eigenvalue weighted by Crippen LogP contribution is -2.37. The van der Waals surface area contributed by atoms with Gasteiger partial charge in [-0.25, -0.2) is 0 Å². The second-order valence-corrected chi connectivity index (χ2v) is 6.43. The molecule has 3 unspecified atom stereocenters. The second-order valence-electron chi connectivity index (χ2n) is 6.43. The van der Waals surface area contributed by atoms with Crippen LogP contribution in [0.2, 0.25) is 0 Å². The molecule has 8 nitrogen and oxygen atoms in total. The van der Waals surface area contributed by atoms with Gasteiger partial charge < -0.3 is 4.74 Å². The van der Waals surface area contributed by atoms with E-state index in [0.29, 0.717) is 11.1 Å². The fourth-order valence-electron chi connectivity index (χ4n) is 3.74. The van der Waals surface area contributed by atoms with Gasteiger partial charge in [-0.3, -0.25) is 20.2 Å². The first-order valence-corrected chi connectivity index (χ1v) is 8.44. The summed E-state index contributed by atoms with van der Waals surface area (Å²) in [7, 11) is 1.24. The van der Waals surface area contributed by atoms with Crippen molar-refractivity contribution in [2.45, 2.75) is 18.0 Å². The van der Waals surface area contributed by atoms with Crippen LogP contribution in [0.4, 0.5) is 5.69 Å². The number of carbonyl (C=O) groups is 1. The molecule has 1 aliphatic heterocycles. The molecule has 2 aromatic carbocycles. The van der Waals surface area contributed by atoms with Crippen LogP contribution in [0.3, 0.4) is 0 Å². The van der Waals surface area contributed by atoms with E-state index < -0.39 is 34.3 Å². The second kappa shape index (κ2) is 7.47. The molecule has 2 aromatic rings. The van der Waals surface area contributed by atoms with E-state index >= 15 is 0 Å². The van der Waals surface area contributed by atoms with Crippen molar-refractivity contribution >= 4 is 11.7 Å². The smallest absolute Gasteiger partial charge is 0.323 e. The molecule has 3 atom stereocenters. The number of carbonyl (C=O) groups excluding carboxylic acids is 1. The van der Waals surface area contributed by atoms with Crippen molar-refractivity contribution in [1.82, 2.24) is 5.32 Å². The van der Waals surface area contributed by atoms with Gasteiger partial charge in [-0.2, -0.15) is 10.5 Å². The molecule has 140 valence electrons. The summed E-state index contributed by atoms with van der Waals surface area (Å²) in [5, 5.41) is 34.0. The molecule has 1 heterocycles. The van der Waals surface area contributed by atoms with Crippen LogP contribution in [0.1, 0.15) is 23.1 Å². The minimum atomic E-state index is -1.61. The zero-order valence-corrected chi connectivity index (χ0v) is 14.9. The molecule has 0 spiro atoms. The normalized spacial score (nSPS) is 22.6. The van der Waals surface area contributed by atoms with Crippen molar-refractivity contribution < 1.29 is 14.5 Å². The molecule has 0 aromatic heterocycles. The number of nitrogens with one attached hydrogen (secondary N) is 1. The van der Waals surface area contributed by atoms with Crippen LogP contribution in [-0.4, -0.2) is 24.0 Å². The number of rotatable bonds is 4. The van der Waals surface area contributed by atoms with Gasteiger partial charge in [0.05, 0.1) is 30.2 Å². The van der Waals surface area contributed by atoms with Gasteiger partial charge in [-0.15, -0.1) is 0 Å². The van der Waals surface area contributed by atoms with Crippen LogP contribution in [0, 0.1) is 38.2 Å². The van der Waals surface area contributed by atoms with E-state index in [9.17, 15) is 25.4 Å². The molecule has 1 fully saturated rings. The number of benzene rings is 2. The van der Waals surface area contributed by atoms with Crippen LogP contribution in [0.5, 0.6) is 0 Å². The first-order valence-electron chi connectivity index (χ1n) is 8.44. The standard InChI is InChI=1S/C20H16N4O4/c1-28-19(25)17-16(13-5-3-2-4-6-13)20(11-21,12-22)18(23-17)14-7-9-15(10-8-14)24(26)27/h2-10,16-18,23H,1H3. The summed E-state index contributed by atoms with van der Waals surface area (Å²) in [5.41, 5.74) is -0.569. The molecule has 3 rings (SSSR count). The highest BCUT2D eigenvalue weighted by Gasteiger charge is 2.60. The highest BCUT2D eigenvalue weighted by atomic mass is 16.6. The van der Waals surface area contributed by atoms with Gasteiger partial charge in [-0.05, 0) is 11.1 Å². The third kappa shape index (κ3) is 2.96. The largest absolute Gasteiger partial charge is 0.468 e. The number of hydrogen-bond acceptors (Lipinski definition) is 7. The van der Waals surface area contributed by atoms with Gasteiger partial charge in [0.2, 0.25) is 0 Å². The summed E-state index contributed by atoms with van der Waals surface area (Å²) in [4.78, 5) is 22.8. The van der Waals surface area contributed by atoms with Crippen molar-refractivity contribution in [3.8, 4) is 12.1 Å². The van der Waals surface area contributed by atoms with E-state index in [1.807, 2.05) is 0 Å². The lowest BCUT2D eigenvalue weighted by atomic mass is 9.69. The number of hydrogen-bond donors (Lipinski definition) is 1. The molecule has 0 saturated carbocycles. The van der Waals surface area contributed by atoms with Crippen molar-refractivity contribution in [3.63, 3.8) is 0 Å². The maximum Gasteiger partial charge on any atom is 0.323 e. The average molecular weight is 376 g/mol. The van der Waals surface area contributed by atoms with E-state index in [4.69, 9.17) is 4.74 Å². The van der Waals surface area contributed by atoms with Crippen molar-refractivity contribution in [2.24, 2.45) is 5.41 Å². The van der Waals surface area contributed by atoms with Crippen molar-refractivity contribution in [3.05, 3.63) is 75.8 Å². The molecule has 28 heavy (non-hydrogen) atoms. The predicted octanol–water partition coefficient (Wildman–Crippen LogP) is 2.60.